The zero-order valence-corrected chi connectivity index (χ0v) is 28.8. The van der Waals surface area contributed by atoms with E-state index in [-0.39, 0.29) is 29.4 Å². The zero-order valence-electron chi connectivity index (χ0n) is 28.0. The lowest BCUT2D eigenvalue weighted by Crippen LogP contribution is -2.40. The van der Waals surface area contributed by atoms with Gasteiger partial charge in [0.1, 0.15) is 11.8 Å². The first kappa shape index (κ1) is 32.5. The van der Waals surface area contributed by atoms with Crippen LogP contribution < -0.4 is 5.56 Å². The molecule has 1 aliphatic carbocycles. The van der Waals surface area contributed by atoms with Crippen molar-refractivity contribution in [1.29, 1.82) is 0 Å². The Balaban J connectivity index is 1.30. The molecule has 256 valence electrons. The van der Waals surface area contributed by atoms with Gasteiger partial charge < -0.3 is 18.8 Å². The third-order valence-corrected chi connectivity index (χ3v) is 11.3. The maximum Gasteiger partial charge on any atom is 0.275 e. The molecule has 2 atom stereocenters. The minimum absolute atomic E-state index is 0.0535. The number of hydrogen-bond donors (Lipinski definition) is 0. The van der Waals surface area contributed by atoms with Crippen LogP contribution in [0.3, 0.4) is 0 Å². The minimum atomic E-state index is -4.05. The predicted molar refractivity (Wildman–Crippen MR) is 190 cm³/mol. The molecule has 4 heterocycles. The Labute approximate surface area is 290 Å². The number of pyridine rings is 1. The molecule has 2 fully saturated rings. The van der Waals surface area contributed by atoms with Crippen molar-refractivity contribution in [2.24, 2.45) is 7.05 Å². The van der Waals surface area contributed by atoms with Gasteiger partial charge in [0.25, 0.3) is 15.6 Å². The second kappa shape index (κ2) is 12.9. The van der Waals surface area contributed by atoms with Gasteiger partial charge in [-0.25, -0.2) is 22.4 Å². The smallest absolute Gasteiger partial charge is 0.275 e. The van der Waals surface area contributed by atoms with Crippen LogP contribution in [0.15, 0.2) is 107 Å². The number of aryl methyl sites for hydroxylation is 2. The van der Waals surface area contributed by atoms with E-state index in [4.69, 9.17) is 19.2 Å². The lowest BCUT2D eigenvalue weighted by molar-refractivity contribution is -0.197. The van der Waals surface area contributed by atoms with Gasteiger partial charge in [0, 0.05) is 42.4 Å². The first-order valence-electron chi connectivity index (χ1n) is 17.0. The maximum atomic E-state index is 13.8. The van der Waals surface area contributed by atoms with Crippen molar-refractivity contribution in [1.82, 2.24) is 18.5 Å². The Kier molecular flexibility index (Phi) is 8.39. The number of ether oxygens (including phenoxy) is 3. The molecule has 6 aromatic rings. The molecule has 0 spiro atoms. The van der Waals surface area contributed by atoms with Crippen LogP contribution in [0, 0.1) is 6.92 Å². The summed E-state index contributed by atoms with van der Waals surface area (Å²) >= 11 is 0. The first-order chi connectivity index (χ1) is 24.2. The van der Waals surface area contributed by atoms with Gasteiger partial charge in [-0.2, -0.15) is 0 Å². The van der Waals surface area contributed by atoms with E-state index in [0.717, 1.165) is 58.2 Å². The quantitative estimate of drug-likeness (QED) is 0.161. The summed E-state index contributed by atoms with van der Waals surface area (Å²) in [5, 5.41) is 1.28. The van der Waals surface area contributed by atoms with Crippen LogP contribution in [-0.2, 0) is 36.9 Å². The van der Waals surface area contributed by atoms with Crippen molar-refractivity contribution < 1.29 is 22.6 Å². The summed E-state index contributed by atoms with van der Waals surface area (Å²) in [5.74, 6) is 0. The molecule has 3 aromatic carbocycles. The molecule has 1 saturated heterocycles. The van der Waals surface area contributed by atoms with Crippen molar-refractivity contribution in [2.75, 3.05) is 13.2 Å². The Hall–Kier alpha value is -4.68. The van der Waals surface area contributed by atoms with Gasteiger partial charge in [-0.15, -0.1) is 0 Å². The fourth-order valence-corrected chi connectivity index (χ4v) is 8.15. The van der Waals surface area contributed by atoms with E-state index < -0.39 is 21.2 Å². The van der Waals surface area contributed by atoms with E-state index in [1.54, 1.807) is 49.9 Å². The van der Waals surface area contributed by atoms with Crippen LogP contribution in [0.1, 0.15) is 48.9 Å². The molecule has 2 aliphatic rings. The third kappa shape index (κ3) is 5.83. The minimum Gasteiger partial charge on any atom is -0.358 e. The number of hydrogen-bond acceptors (Lipinski definition) is 8. The van der Waals surface area contributed by atoms with E-state index >= 15 is 0 Å². The summed E-state index contributed by atoms with van der Waals surface area (Å²) in [6.07, 6.45) is 9.23. The highest BCUT2D eigenvalue weighted by Gasteiger charge is 2.44. The van der Waals surface area contributed by atoms with Gasteiger partial charge in [-0.05, 0) is 80.5 Å². The summed E-state index contributed by atoms with van der Waals surface area (Å²) in [7, 11) is -2.42. The molecule has 2 unspecified atom stereocenters. The molecule has 11 heteroatoms. The van der Waals surface area contributed by atoms with Gasteiger partial charge in [-0.1, -0.05) is 54.1 Å². The number of benzene rings is 3. The van der Waals surface area contributed by atoms with E-state index in [1.165, 1.54) is 10.8 Å². The van der Waals surface area contributed by atoms with E-state index in [9.17, 15) is 13.2 Å². The molecule has 0 N–H and O–H groups in total. The second-order valence-corrected chi connectivity index (χ2v) is 15.0. The molecule has 1 aliphatic heterocycles. The highest BCUT2D eigenvalue weighted by Crippen LogP contribution is 2.43. The fraction of sp³-hybridized carbons (Fsp3) is 0.308. The third-order valence-electron chi connectivity index (χ3n) is 9.64. The molecule has 8 rings (SSSR count). The normalized spacial score (nSPS) is 18.0. The van der Waals surface area contributed by atoms with Crippen molar-refractivity contribution >= 4 is 31.8 Å². The average Bonchev–Trinajstić information content (AvgIpc) is 3.85. The van der Waals surface area contributed by atoms with Crippen LogP contribution in [0.5, 0.6) is 0 Å². The monoisotopic (exact) mass is 690 g/mol. The Morgan fingerprint density at radius 3 is 2.48 bits per heavy atom. The highest BCUT2D eigenvalue weighted by atomic mass is 32.2. The summed E-state index contributed by atoms with van der Waals surface area (Å²) in [6, 6.07) is 24.2. The molecule has 0 amide bonds. The Bertz CT molecular complexity index is 2360. The van der Waals surface area contributed by atoms with Crippen LogP contribution in [0.25, 0.3) is 32.9 Å². The standard InChI is InChI=1S/C39H38N4O6S/c1-26-11-16-30(17-12-26)50(45,46)43-20-19-31-33(23-42(2)38(44)36(31)43)27-13-18-34-32(22-27)37(41-25-40-34)39(49-29-14-15-29,28-8-4-3-5-9-28)24-48-35-10-6-7-21-47-35/h3-5,8-9,11-13,16-20,22-23,25,29,35H,6-7,10,14-15,21,24H2,1-2H3. The molecule has 0 radical (unpaired) electrons. The van der Waals surface area contributed by atoms with Crippen LogP contribution in [-0.4, -0.2) is 52.5 Å². The number of nitrogens with zero attached hydrogens (tertiary/aromatic N) is 4. The molecule has 1 saturated carbocycles. The van der Waals surface area contributed by atoms with E-state index in [2.05, 4.69) is 4.98 Å². The largest absolute Gasteiger partial charge is 0.358 e. The summed E-state index contributed by atoms with van der Waals surface area (Å²) < 4.78 is 49.6. The SMILES string of the molecule is Cc1ccc(S(=O)(=O)n2ccc3c(-c4ccc5ncnc(C(COC6CCCCO6)(OC6CC6)c6ccccc6)c5c4)cn(C)c(=O)c32)cc1. The highest BCUT2D eigenvalue weighted by molar-refractivity contribution is 7.90. The van der Waals surface area contributed by atoms with E-state index in [1.807, 2.05) is 55.5 Å². The van der Waals surface area contributed by atoms with Crippen LogP contribution in [0.2, 0.25) is 0 Å². The lowest BCUT2D eigenvalue weighted by atomic mass is 9.87. The Morgan fingerprint density at radius 2 is 1.74 bits per heavy atom. The fourth-order valence-electron chi connectivity index (χ4n) is 6.81. The molecule has 10 nitrogen and oxygen atoms in total. The van der Waals surface area contributed by atoms with Gasteiger partial charge in [0.2, 0.25) is 0 Å². The van der Waals surface area contributed by atoms with Gasteiger partial charge in [0.15, 0.2) is 11.9 Å². The van der Waals surface area contributed by atoms with Crippen molar-refractivity contribution in [3.63, 3.8) is 0 Å². The topological polar surface area (TPSA) is 115 Å². The van der Waals surface area contributed by atoms with Crippen molar-refractivity contribution in [3.8, 4) is 11.1 Å². The van der Waals surface area contributed by atoms with Crippen LogP contribution >= 0.6 is 0 Å². The maximum absolute atomic E-state index is 13.8. The van der Waals surface area contributed by atoms with Crippen LogP contribution in [0.4, 0.5) is 0 Å². The zero-order chi connectivity index (χ0) is 34.5. The molecule has 3 aromatic heterocycles. The molecule has 0 bridgehead atoms. The molecular weight excluding hydrogens is 653 g/mol. The van der Waals surface area contributed by atoms with Gasteiger partial charge in [-0.3, -0.25) is 4.79 Å². The first-order valence-corrected chi connectivity index (χ1v) is 18.4. The molecule has 50 heavy (non-hydrogen) atoms. The number of aromatic nitrogens is 4. The number of fused-ring (bicyclic) bond motifs is 2. The van der Waals surface area contributed by atoms with Gasteiger partial charge >= 0.3 is 0 Å². The average molecular weight is 691 g/mol. The lowest BCUT2D eigenvalue weighted by Gasteiger charge is -2.36. The van der Waals surface area contributed by atoms with Crippen molar-refractivity contribution in [2.45, 2.75) is 61.9 Å². The Morgan fingerprint density at radius 1 is 0.940 bits per heavy atom. The summed E-state index contributed by atoms with van der Waals surface area (Å²) in [5.41, 5.74) is 3.29. The summed E-state index contributed by atoms with van der Waals surface area (Å²) in [6.45, 7) is 2.75. The molecular formula is C39H38N4O6S. The number of rotatable bonds is 10. The summed E-state index contributed by atoms with van der Waals surface area (Å²) in [4.78, 5) is 23.3. The van der Waals surface area contributed by atoms with E-state index in [0.29, 0.717) is 28.8 Å². The van der Waals surface area contributed by atoms with Crippen molar-refractivity contribution in [3.05, 3.63) is 125 Å². The predicted octanol–water partition coefficient (Wildman–Crippen LogP) is 6.46. The van der Waals surface area contributed by atoms with Gasteiger partial charge in [0.05, 0.1) is 28.8 Å². The second-order valence-electron chi connectivity index (χ2n) is 13.2.